The van der Waals surface area contributed by atoms with E-state index in [1.165, 1.54) is 42.2 Å². The van der Waals surface area contributed by atoms with Crippen LogP contribution < -0.4 is 4.90 Å². The molecule has 0 spiro atoms. The van der Waals surface area contributed by atoms with Crippen molar-refractivity contribution in [2.75, 3.05) is 17.2 Å². The number of aromatic carboxylic acids is 1. The number of rotatable bonds is 11. The highest BCUT2D eigenvalue weighted by atomic mass is 32.2. The molecule has 0 aromatic heterocycles. The van der Waals surface area contributed by atoms with Crippen molar-refractivity contribution in [1.29, 1.82) is 0 Å². The highest BCUT2D eigenvalue weighted by Crippen LogP contribution is 2.43. The summed E-state index contributed by atoms with van der Waals surface area (Å²) < 4.78 is 70.5. The van der Waals surface area contributed by atoms with E-state index in [0.717, 1.165) is 0 Å². The third-order valence-corrected chi connectivity index (χ3v) is 8.84. The molecule has 230 valence electrons. The van der Waals surface area contributed by atoms with Crippen molar-refractivity contribution >= 4 is 49.2 Å². The molecule has 1 heterocycles. The molecular formula is C31H30N2O9S2. The lowest BCUT2D eigenvalue weighted by Gasteiger charge is -2.23. The second kappa shape index (κ2) is 12.7. The molecule has 0 saturated carbocycles. The maximum absolute atomic E-state index is 12.3. The van der Waals surface area contributed by atoms with E-state index in [0.29, 0.717) is 28.2 Å². The highest BCUT2D eigenvalue weighted by Gasteiger charge is 2.48. The van der Waals surface area contributed by atoms with E-state index in [1.54, 1.807) is 72.3 Å². The lowest BCUT2D eigenvalue weighted by atomic mass is 9.74. The molecule has 0 fully saturated rings. The standard InChI is InChI=1S/C31H30N2O9S2/c1-22(34)32(25-8-4-3-5-9-25)17-7-6-10-29-31(2,21-23-11-13-24(14-12-23)30(35)36)27-20-26(44(40,41)42)15-16-28(27)33(29)18-19-43(37,38)39/h3-17,20H,18-19,21H2,1-2H3,(H2-,35,36,37,38,39,40,41,42). The van der Waals surface area contributed by atoms with Crippen molar-refractivity contribution in [2.45, 2.75) is 30.6 Å². The number of hydrogen-bond donors (Lipinski definition) is 2. The molecule has 1 aliphatic heterocycles. The van der Waals surface area contributed by atoms with Crippen LogP contribution in [0.1, 0.15) is 35.3 Å². The number of fused-ring (bicyclic) bond motifs is 1. The first-order chi connectivity index (χ1) is 20.6. The van der Waals surface area contributed by atoms with Gasteiger partial charge in [-0.25, -0.2) is 13.2 Å². The van der Waals surface area contributed by atoms with Crippen LogP contribution in [0.3, 0.4) is 0 Å². The zero-order valence-corrected chi connectivity index (χ0v) is 25.5. The number of allylic oxidation sites excluding steroid dienone is 3. The molecule has 2 N–H and O–H groups in total. The van der Waals surface area contributed by atoms with Gasteiger partial charge in [0.15, 0.2) is 12.3 Å². The van der Waals surface area contributed by atoms with Gasteiger partial charge in [-0.3, -0.25) is 14.2 Å². The van der Waals surface area contributed by atoms with E-state index in [4.69, 9.17) is 0 Å². The van der Waals surface area contributed by atoms with Crippen molar-refractivity contribution in [1.82, 2.24) is 0 Å². The average Bonchev–Trinajstić information content (AvgIpc) is 3.17. The molecule has 3 aromatic rings. The largest absolute Gasteiger partial charge is 0.748 e. The summed E-state index contributed by atoms with van der Waals surface area (Å²) in [5.74, 6) is -2.08. The zero-order chi connectivity index (χ0) is 32.3. The van der Waals surface area contributed by atoms with Gasteiger partial charge >= 0.3 is 5.97 Å². The van der Waals surface area contributed by atoms with Crippen molar-refractivity contribution in [3.8, 4) is 0 Å². The molecule has 4 rings (SSSR count). The lowest BCUT2D eigenvalue weighted by Crippen LogP contribution is -2.34. The summed E-state index contributed by atoms with van der Waals surface area (Å²) in [7, 11) is -9.24. The molecule has 1 aliphatic rings. The van der Waals surface area contributed by atoms with Crippen LogP contribution >= 0.6 is 0 Å². The van der Waals surface area contributed by atoms with Gasteiger partial charge in [-0.15, -0.1) is 0 Å². The number of nitrogens with zero attached hydrogens (tertiary/aromatic N) is 2. The van der Waals surface area contributed by atoms with Crippen LogP contribution in [0.15, 0.2) is 102 Å². The van der Waals surface area contributed by atoms with Crippen LogP contribution in [0.2, 0.25) is 0 Å². The normalized spacial score (nSPS) is 16.9. The van der Waals surface area contributed by atoms with Gasteiger partial charge in [0, 0.05) is 36.5 Å². The first-order valence-corrected chi connectivity index (χ1v) is 16.3. The summed E-state index contributed by atoms with van der Waals surface area (Å²) in [5.41, 5.74) is 1.74. The Morgan fingerprint density at radius 3 is 2.20 bits per heavy atom. The van der Waals surface area contributed by atoms with E-state index in [1.807, 2.05) is 6.07 Å². The fourth-order valence-corrected chi connectivity index (χ4v) is 6.15. The SMILES string of the molecule is CC(=O)N(/C=C/C=C/C1=[N+](CCS(=O)(=O)[O-])c2ccc(S(=O)(=O)O)cc2C1(C)Cc1ccc(C(=O)O)cc1)c1ccccc1. The molecule has 3 aromatic carbocycles. The first kappa shape index (κ1) is 32.5. The Balaban J connectivity index is 1.86. The minimum atomic E-state index is -4.63. The second-order valence-corrected chi connectivity index (χ2v) is 13.3. The third kappa shape index (κ3) is 7.37. The molecule has 0 radical (unpaired) electrons. The van der Waals surface area contributed by atoms with Gasteiger partial charge in [-0.2, -0.15) is 13.0 Å². The number of para-hydroxylation sites is 1. The van der Waals surface area contributed by atoms with E-state index >= 15 is 0 Å². The Labute approximate surface area is 255 Å². The fourth-order valence-electron chi connectivity index (χ4n) is 5.24. The Kier molecular flexibility index (Phi) is 9.35. The van der Waals surface area contributed by atoms with Gasteiger partial charge < -0.3 is 9.66 Å². The third-order valence-electron chi connectivity index (χ3n) is 7.30. The quantitative estimate of drug-likeness (QED) is 0.179. The predicted molar refractivity (Wildman–Crippen MR) is 163 cm³/mol. The summed E-state index contributed by atoms with van der Waals surface area (Å²) in [4.78, 5) is 24.8. The average molecular weight is 639 g/mol. The fraction of sp³-hybridized carbons (Fsp3) is 0.194. The molecule has 1 unspecified atom stereocenters. The zero-order valence-electron chi connectivity index (χ0n) is 23.8. The van der Waals surface area contributed by atoms with Crippen molar-refractivity contribution in [3.05, 3.63) is 114 Å². The van der Waals surface area contributed by atoms with E-state index < -0.39 is 37.4 Å². The number of carbonyl (C=O) groups excluding carboxylic acids is 1. The first-order valence-electron chi connectivity index (χ1n) is 13.3. The number of carbonyl (C=O) groups is 2. The number of benzene rings is 3. The molecule has 0 saturated heterocycles. The smallest absolute Gasteiger partial charge is 0.335 e. The van der Waals surface area contributed by atoms with Crippen LogP contribution in [-0.2, 0) is 36.9 Å². The molecule has 1 amide bonds. The van der Waals surface area contributed by atoms with Crippen LogP contribution in [0.25, 0.3) is 0 Å². The van der Waals surface area contributed by atoms with Gasteiger partial charge in [-0.1, -0.05) is 36.4 Å². The molecular weight excluding hydrogens is 608 g/mol. The van der Waals surface area contributed by atoms with Gasteiger partial charge in [0.25, 0.3) is 10.1 Å². The van der Waals surface area contributed by atoms with Crippen LogP contribution in [0, 0.1) is 0 Å². The summed E-state index contributed by atoms with van der Waals surface area (Å²) in [6, 6.07) is 19.0. The predicted octanol–water partition coefficient (Wildman–Crippen LogP) is 3.90. The molecule has 13 heteroatoms. The minimum Gasteiger partial charge on any atom is -0.748 e. The lowest BCUT2D eigenvalue weighted by molar-refractivity contribution is -0.432. The van der Waals surface area contributed by atoms with Gasteiger partial charge in [-0.05, 0) is 61.4 Å². The molecule has 44 heavy (non-hydrogen) atoms. The number of hydrogen-bond acceptors (Lipinski definition) is 7. The van der Waals surface area contributed by atoms with E-state index in [-0.39, 0.29) is 29.3 Å². The number of carboxylic acid groups (broad SMARTS) is 1. The van der Waals surface area contributed by atoms with Gasteiger partial charge in [0.05, 0.1) is 21.6 Å². The van der Waals surface area contributed by atoms with Crippen LogP contribution in [-0.4, -0.2) is 65.5 Å². The minimum absolute atomic E-state index is 0.0735. The molecule has 1 atom stereocenters. The number of amides is 1. The Hall–Kier alpha value is -4.43. The summed E-state index contributed by atoms with van der Waals surface area (Å²) in [6.45, 7) is 2.96. The van der Waals surface area contributed by atoms with E-state index in [9.17, 15) is 40.6 Å². The Bertz CT molecular complexity index is 1900. The van der Waals surface area contributed by atoms with Crippen molar-refractivity contribution in [3.63, 3.8) is 0 Å². The Morgan fingerprint density at radius 1 is 0.977 bits per heavy atom. The molecule has 11 nitrogen and oxygen atoms in total. The van der Waals surface area contributed by atoms with Crippen molar-refractivity contribution in [2.24, 2.45) is 0 Å². The second-order valence-electron chi connectivity index (χ2n) is 10.4. The van der Waals surface area contributed by atoms with Crippen molar-refractivity contribution < 1.29 is 45.2 Å². The number of carboxylic acids is 1. The maximum Gasteiger partial charge on any atom is 0.335 e. The van der Waals surface area contributed by atoms with Crippen LogP contribution in [0.5, 0.6) is 0 Å². The summed E-state index contributed by atoms with van der Waals surface area (Å²) in [6.07, 6.45) is 6.69. The van der Waals surface area contributed by atoms with E-state index in [2.05, 4.69) is 0 Å². The molecule has 0 aliphatic carbocycles. The number of anilines is 1. The summed E-state index contributed by atoms with van der Waals surface area (Å²) >= 11 is 0. The Morgan fingerprint density at radius 2 is 1.64 bits per heavy atom. The topological polar surface area (TPSA) is 172 Å². The monoisotopic (exact) mass is 638 g/mol. The summed E-state index contributed by atoms with van der Waals surface area (Å²) in [5, 5.41) is 9.31. The van der Waals surface area contributed by atoms with Gasteiger partial charge in [0.2, 0.25) is 11.6 Å². The molecule has 0 bridgehead atoms. The highest BCUT2D eigenvalue weighted by molar-refractivity contribution is 7.86. The van der Waals surface area contributed by atoms with Gasteiger partial charge in [0.1, 0.15) is 10.1 Å². The van der Waals surface area contributed by atoms with Crippen LogP contribution in [0.4, 0.5) is 11.4 Å². The maximum atomic E-state index is 12.3.